The number of rotatable bonds is 4. The Bertz CT molecular complexity index is 192. The molecule has 2 heterocycles. The molecule has 0 aromatic heterocycles. The van der Waals surface area contributed by atoms with Crippen molar-refractivity contribution < 1.29 is 4.74 Å². The second-order valence-electron chi connectivity index (χ2n) is 5.26. The summed E-state index contributed by atoms with van der Waals surface area (Å²) in [5, 5.41) is 3.68. The van der Waals surface area contributed by atoms with Crippen molar-refractivity contribution in [2.24, 2.45) is 0 Å². The fourth-order valence-electron chi connectivity index (χ4n) is 2.79. The van der Waals surface area contributed by atoms with Crippen molar-refractivity contribution in [3.8, 4) is 0 Å². The molecule has 94 valence electrons. The highest BCUT2D eigenvalue weighted by Crippen LogP contribution is 2.13. The normalized spacial score (nSPS) is 32.8. The lowest BCUT2D eigenvalue weighted by atomic mass is 10.0. The Morgan fingerprint density at radius 2 is 2.06 bits per heavy atom. The van der Waals surface area contributed by atoms with Crippen LogP contribution in [0.2, 0.25) is 0 Å². The van der Waals surface area contributed by atoms with Crippen LogP contribution in [0.4, 0.5) is 0 Å². The summed E-state index contributed by atoms with van der Waals surface area (Å²) in [6, 6.07) is 0.688. The van der Waals surface area contributed by atoms with Crippen LogP contribution < -0.4 is 5.32 Å². The first-order valence-electron chi connectivity index (χ1n) is 6.92. The zero-order chi connectivity index (χ0) is 11.2. The molecule has 0 aliphatic carbocycles. The lowest BCUT2D eigenvalue weighted by molar-refractivity contribution is 0.0129. The summed E-state index contributed by atoms with van der Waals surface area (Å²) in [6.07, 6.45) is 7.04. The SMILES string of the molecule is CC1CC(NCCN2CCCCC2)CCO1. The monoisotopic (exact) mass is 226 g/mol. The Morgan fingerprint density at radius 3 is 2.81 bits per heavy atom. The Hall–Kier alpha value is -0.120. The third kappa shape index (κ3) is 4.04. The average molecular weight is 226 g/mol. The number of hydrogen-bond donors (Lipinski definition) is 1. The molecule has 0 amide bonds. The lowest BCUT2D eigenvalue weighted by Gasteiger charge is -2.30. The molecule has 2 aliphatic rings. The molecule has 2 saturated heterocycles. The van der Waals surface area contributed by atoms with Crippen LogP contribution in [-0.4, -0.2) is 49.8 Å². The first-order valence-corrected chi connectivity index (χ1v) is 6.92. The predicted molar refractivity (Wildman–Crippen MR) is 66.7 cm³/mol. The first-order chi connectivity index (χ1) is 7.84. The molecule has 2 aliphatic heterocycles. The molecule has 0 spiro atoms. The minimum Gasteiger partial charge on any atom is -0.378 e. The van der Waals surface area contributed by atoms with E-state index in [-0.39, 0.29) is 0 Å². The van der Waals surface area contributed by atoms with Gasteiger partial charge in [0.15, 0.2) is 0 Å². The molecular weight excluding hydrogens is 200 g/mol. The van der Waals surface area contributed by atoms with Gasteiger partial charge in [-0.3, -0.25) is 0 Å². The predicted octanol–water partition coefficient (Wildman–Crippen LogP) is 1.63. The largest absolute Gasteiger partial charge is 0.378 e. The van der Waals surface area contributed by atoms with E-state index >= 15 is 0 Å². The molecule has 2 rings (SSSR count). The summed E-state index contributed by atoms with van der Waals surface area (Å²) in [7, 11) is 0. The van der Waals surface area contributed by atoms with Crippen molar-refractivity contribution in [2.45, 2.75) is 51.2 Å². The van der Waals surface area contributed by atoms with E-state index in [2.05, 4.69) is 17.1 Å². The Kier molecular flexibility index (Phi) is 5.07. The summed E-state index contributed by atoms with van der Waals surface area (Å²) >= 11 is 0. The van der Waals surface area contributed by atoms with Gasteiger partial charge in [0.2, 0.25) is 0 Å². The van der Waals surface area contributed by atoms with Gasteiger partial charge in [-0.1, -0.05) is 6.42 Å². The standard InChI is InChI=1S/C13H26N2O/c1-12-11-13(5-10-16-12)14-6-9-15-7-3-2-4-8-15/h12-14H,2-11H2,1H3. The number of nitrogens with zero attached hydrogens (tertiary/aromatic N) is 1. The van der Waals surface area contributed by atoms with Crippen LogP contribution in [0.15, 0.2) is 0 Å². The van der Waals surface area contributed by atoms with Gasteiger partial charge in [-0.25, -0.2) is 0 Å². The number of piperidine rings is 1. The molecule has 16 heavy (non-hydrogen) atoms. The number of likely N-dealkylation sites (tertiary alicyclic amines) is 1. The molecule has 3 nitrogen and oxygen atoms in total. The molecule has 0 aromatic rings. The van der Waals surface area contributed by atoms with E-state index in [0.29, 0.717) is 12.1 Å². The van der Waals surface area contributed by atoms with E-state index in [4.69, 9.17) is 4.74 Å². The van der Waals surface area contributed by atoms with Crippen LogP contribution in [0.1, 0.15) is 39.0 Å². The maximum atomic E-state index is 5.55. The molecular formula is C13H26N2O. The Morgan fingerprint density at radius 1 is 1.25 bits per heavy atom. The van der Waals surface area contributed by atoms with Crippen LogP contribution in [0, 0.1) is 0 Å². The molecule has 0 radical (unpaired) electrons. The average Bonchev–Trinajstić information content (AvgIpc) is 2.30. The third-order valence-electron chi connectivity index (χ3n) is 3.79. The van der Waals surface area contributed by atoms with Crippen molar-refractivity contribution in [2.75, 3.05) is 32.8 Å². The summed E-state index contributed by atoms with van der Waals surface area (Å²) < 4.78 is 5.55. The fourth-order valence-corrected chi connectivity index (χ4v) is 2.79. The number of hydrogen-bond acceptors (Lipinski definition) is 3. The molecule has 1 N–H and O–H groups in total. The van der Waals surface area contributed by atoms with E-state index in [1.54, 1.807) is 0 Å². The quantitative estimate of drug-likeness (QED) is 0.788. The Labute approximate surface area is 99.5 Å². The summed E-state index contributed by atoms with van der Waals surface area (Å²) in [4.78, 5) is 2.60. The van der Waals surface area contributed by atoms with E-state index in [0.717, 1.165) is 13.2 Å². The number of ether oxygens (including phenoxy) is 1. The van der Waals surface area contributed by atoms with Gasteiger partial charge < -0.3 is 15.0 Å². The summed E-state index contributed by atoms with van der Waals surface area (Å²) in [6.45, 7) is 8.11. The van der Waals surface area contributed by atoms with Crippen LogP contribution in [0.25, 0.3) is 0 Å². The van der Waals surface area contributed by atoms with Crippen molar-refractivity contribution in [1.29, 1.82) is 0 Å². The van der Waals surface area contributed by atoms with Gasteiger partial charge in [-0.15, -0.1) is 0 Å². The fraction of sp³-hybridized carbons (Fsp3) is 1.00. The molecule has 2 atom stereocenters. The molecule has 3 heteroatoms. The van der Waals surface area contributed by atoms with Crippen molar-refractivity contribution in [1.82, 2.24) is 10.2 Å². The zero-order valence-electron chi connectivity index (χ0n) is 10.6. The smallest absolute Gasteiger partial charge is 0.0561 e. The van der Waals surface area contributed by atoms with E-state index in [1.165, 1.54) is 51.7 Å². The van der Waals surface area contributed by atoms with Crippen LogP contribution in [0.5, 0.6) is 0 Å². The van der Waals surface area contributed by atoms with Crippen molar-refractivity contribution in [3.63, 3.8) is 0 Å². The number of nitrogens with one attached hydrogen (secondary N) is 1. The van der Waals surface area contributed by atoms with E-state index in [1.807, 2.05) is 0 Å². The van der Waals surface area contributed by atoms with E-state index < -0.39 is 0 Å². The minimum absolute atomic E-state index is 0.446. The van der Waals surface area contributed by atoms with Gasteiger partial charge in [0, 0.05) is 25.7 Å². The highest BCUT2D eigenvalue weighted by atomic mass is 16.5. The molecule has 0 bridgehead atoms. The second kappa shape index (κ2) is 6.58. The van der Waals surface area contributed by atoms with Gasteiger partial charge in [0.25, 0.3) is 0 Å². The highest BCUT2D eigenvalue weighted by Gasteiger charge is 2.18. The zero-order valence-corrected chi connectivity index (χ0v) is 10.6. The van der Waals surface area contributed by atoms with Crippen LogP contribution in [-0.2, 0) is 4.74 Å². The Balaban J connectivity index is 1.56. The van der Waals surface area contributed by atoms with Gasteiger partial charge in [-0.2, -0.15) is 0 Å². The van der Waals surface area contributed by atoms with E-state index in [9.17, 15) is 0 Å². The maximum absolute atomic E-state index is 5.55. The molecule has 0 aromatic carbocycles. The van der Waals surface area contributed by atoms with Gasteiger partial charge in [0.1, 0.15) is 0 Å². The summed E-state index contributed by atoms with van der Waals surface area (Å²) in [5.74, 6) is 0. The first kappa shape index (κ1) is 12.3. The topological polar surface area (TPSA) is 24.5 Å². The van der Waals surface area contributed by atoms with Gasteiger partial charge >= 0.3 is 0 Å². The lowest BCUT2D eigenvalue weighted by Crippen LogP contribution is -2.42. The second-order valence-corrected chi connectivity index (χ2v) is 5.26. The van der Waals surface area contributed by atoms with Gasteiger partial charge in [0.05, 0.1) is 6.10 Å². The van der Waals surface area contributed by atoms with Crippen molar-refractivity contribution in [3.05, 3.63) is 0 Å². The van der Waals surface area contributed by atoms with Gasteiger partial charge in [-0.05, 0) is 45.7 Å². The van der Waals surface area contributed by atoms with Crippen molar-refractivity contribution >= 4 is 0 Å². The van der Waals surface area contributed by atoms with Crippen LogP contribution >= 0.6 is 0 Å². The minimum atomic E-state index is 0.446. The molecule has 2 fully saturated rings. The molecule has 2 unspecified atom stereocenters. The third-order valence-corrected chi connectivity index (χ3v) is 3.79. The molecule has 0 saturated carbocycles. The maximum Gasteiger partial charge on any atom is 0.0561 e. The highest BCUT2D eigenvalue weighted by molar-refractivity contribution is 4.75. The van der Waals surface area contributed by atoms with Crippen LogP contribution in [0.3, 0.4) is 0 Å². The summed E-state index contributed by atoms with van der Waals surface area (Å²) in [5.41, 5.74) is 0.